The van der Waals surface area contributed by atoms with E-state index in [1.807, 2.05) is 35.2 Å². The molecule has 2 aromatic carbocycles. The van der Waals surface area contributed by atoms with Gasteiger partial charge in [0.2, 0.25) is 5.91 Å². The molecule has 6 nitrogen and oxygen atoms in total. The van der Waals surface area contributed by atoms with Crippen LogP contribution in [0, 0.1) is 5.82 Å². The van der Waals surface area contributed by atoms with Crippen LogP contribution in [0.3, 0.4) is 0 Å². The van der Waals surface area contributed by atoms with Crippen molar-refractivity contribution in [3.8, 4) is 0 Å². The number of rotatable bonds is 9. The van der Waals surface area contributed by atoms with E-state index in [1.165, 1.54) is 24.0 Å². The molecule has 42 heavy (non-hydrogen) atoms. The number of hydrogen-bond acceptors (Lipinski definition) is 7. The number of Topliss-reactive ketones (excluding diaryl/α,β-unsaturated/α-hetero) is 1. The fourth-order valence-electron chi connectivity index (χ4n) is 4.54. The number of nitrogens with zero attached hydrogens (tertiary/aromatic N) is 4. The van der Waals surface area contributed by atoms with Crippen molar-refractivity contribution in [3.05, 3.63) is 105 Å². The van der Waals surface area contributed by atoms with Gasteiger partial charge in [-0.25, -0.2) is 14.4 Å². The first-order chi connectivity index (χ1) is 20.2. The number of amides is 1. The molecule has 0 aliphatic carbocycles. The maximum absolute atomic E-state index is 13.9. The molecule has 0 N–H and O–H groups in total. The second-order valence-electron chi connectivity index (χ2n) is 9.65. The Morgan fingerprint density at radius 1 is 0.905 bits per heavy atom. The van der Waals surface area contributed by atoms with Gasteiger partial charge >= 0.3 is 6.18 Å². The molecule has 0 radical (unpaired) electrons. The van der Waals surface area contributed by atoms with Gasteiger partial charge in [-0.15, -0.1) is 23.1 Å². The van der Waals surface area contributed by atoms with E-state index < -0.39 is 28.3 Å². The zero-order valence-corrected chi connectivity index (χ0v) is 23.9. The van der Waals surface area contributed by atoms with Crippen molar-refractivity contribution in [2.75, 3.05) is 31.1 Å². The summed E-state index contributed by atoms with van der Waals surface area (Å²) in [6, 6.07) is 18.9. The second-order valence-corrected chi connectivity index (χ2v) is 11.8. The van der Waals surface area contributed by atoms with Crippen LogP contribution < -0.4 is 4.90 Å². The number of alkyl halides is 3. The normalized spacial score (nSPS) is 13.8. The van der Waals surface area contributed by atoms with Gasteiger partial charge in [0.15, 0.2) is 11.5 Å². The minimum atomic E-state index is -4.74. The van der Waals surface area contributed by atoms with Gasteiger partial charge in [0.25, 0.3) is 0 Å². The van der Waals surface area contributed by atoms with E-state index >= 15 is 0 Å². The average Bonchev–Trinajstić information content (AvgIpc) is 3.44. The number of carbonyl (C=O) groups is 2. The van der Waals surface area contributed by atoms with Gasteiger partial charge in [0.05, 0.1) is 12.2 Å². The van der Waals surface area contributed by atoms with Crippen LogP contribution in [0.25, 0.3) is 0 Å². The second kappa shape index (κ2) is 13.0. The predicted octanol–water partition coefficient (Wildman–Crippen LogP) is 6.31. The van der Waals surface area contributed by atoms with Crippen molar-refractivity contribution in [2.24, 2.45) is 0 Å². The topological polar surface area (TPSA) is 66.4 Å². The molecule has 5 rings (SSSR count). The Bertz CT molecular complexity index is 1540. The molecule has 12 heteroatoms. The van der Waals surface area contributed by atoms with E-state index in [1.54, 1.807) is 35.2 Å². The molecule has 1 aliphatic heterocycles. The fourth-order valence-corrected chi connectivity index (χ4v) is 6.48. The standard InChI is InChI=1S/C30H26F4N4O2S2/c31-23-9-5-4-6-21(23)17-27(40)38-14-12-37(13-15-38)25-11-10-20(18-35-25)16-24(39)28-29(30(32,33)34)36-26(42-28)19-41-22-7-2-1-3-8-22/h1-11,18H,12-17,19H2. The molecule has 4 aromatic rings. The zero-order chi connectivity index (χ0) is 29.7. The molecule has 1 aliphatic rings. The number of benzene rings is 2. The lowest BCUT2D eigenvalue weighted by Gasteiger charge is -2.35. The van der Waals surface area contributed by atoms with Crippen LogP contribution in [0.5, 0.6) is 0 Å². The summed E-state index contributed by atoms with van der Waals surface area (Å²) in [6.45, 7) is 1.94. The number of anilines is 1. The van der Waals surface area contributed by atoms with Crippen molar-refractivity contribution in [1.29, 1.82) is 0 Å². The maximum atomic E-state index is 13.9. The first-order valence-electron chi connectivity index (χ1n) is 13.2. The van der Waals surface area contributed by atoms with Crippen molar-refractivity contribution in [3.63, 3.8) is 0 Å². The van der Waals surface area contributed by atoms with Gasteiger partial charge in [0, 0.05) is 43.7 Å². The minimum Gasteiger partial charge on any atom is -0.353 e. The molecule has 0 bridgehead atoms. The summed E-state index contributed by atoms with van der Waals surface area (Å²) >= 11 is 2.14. The third-order valence-electron chi connectivity index (χ3n) is 6.73. The minimum absolute atomic E-state index is 0.00316. The summed E-state index contributed by atoms with van der Waals surface area (Å²) < 4.78 is 55.0. The number of thiazole rings is 1. The number of halogens is 4. The first-order valence-corrected chi connectivity index (χ1v) is 15.0. The quantitative estimate of drug-likeness (QED) is 0.125. The van der Waals surface area contributed by atoms with Crippen molar-refractivity contribution in [2.45, 2.75) is 29.7 Å². The Morgan fingerprint density at radius 2 is 1.62 bits per heavy atom. The first kappa shape index (κ1) is 29.7. The molecule has 0 atom stereocenters. The zero-order valence-electron chi connectivity index (χ0n) is 22.3. The number of thioether (sulfide) groups is 1. The SMILES string of the molecule is O=C(Cc1ccc(N2CCN(C(=O)Cc3ccccc3F)CC2)nc1)c1sc(CSc2ccccc2)nc1C(F)(F)F. The summed E-state index contributed by atoms with van der Waals surface area (Å²) in [4.78, 5) is 38.0. The molecule has 1 fully saturated rings. The Morgan fingerprint density at radius 3 is 2.29 bits per heavy atom. The monoisotopic (exact) mass is 614 g/mol. The van der Waals surface area contributed by atoms with Crippen LogP contribution in [0.2, 0.25) is 0 Å². The molecule has 1 amide bonds. The van der Waals surface area contributed by atoms with Gasteiger partial charge in [-0.3, -0.25) is 9.59 Å². The third-order valence-corrected chi connectivity index (χ3v) is 9.03. The van der Waals surface area contributed by atoms with E-state index in [0.29, 0.717) is 43.1 Å². The van der Waals surface area contributed by atoms with Gasteiger partial charge in [-0.2, -0.15) is 13.2 Å². The highest BCUT2D eigenvalue weighted by Gasteiger charge is 2.39. The highest BCUT2D eigenvalue weighted by Crippen LogP contribution is 2.37. The largest absolute Gasteiger partial charge is 0.434 e. The predicted molar refractivity (Wildman–Crippen MR) is 154 cm³/mol. The van der Waals surface area contributed by atoms with Crippen molar-refractivity contribution in [1.82, 2.24) is 14.9 Å². The summed E-state index contributed by atoms with van der Waals surface area (Å²) in [5, 5.41) is 0.236. The number of aromatic nitrogens is 2. The summed E-state index contributed by atoms with van der Waals surface area (Å²) in [6.07, 6.45) is -3.49. The maximum Gasteiger partial charge on any atom is 0.434 e. The average molecular weight is 615 g/mol. The van der Waals surface area contributed by atoms with E-state index in [2.05, 4.69) is 9.97 Å². The number of pyridine rings is 1. The number of ketones is 1. The van der Waals surface area contributed by atoms with Crippen LogP contribution in [0.4, 0.5) is 23.4 Å². The molecule has 3 heterocycles. The van der Waals surface area contributed by atoms with Crippen LogP contribution in [-0.4, -0.2) is 52.7 Å². The van der Waals surface area contributed by atoms with Gasteiger partial charge in [-0.1, -0.05) is 42.5 Å². The number of hydrogen-bond donors (Lipinski definition) is 0. The lowest BCUT2D eigenvalue weighted by molar-refractivity contribution is -0.141. The fraction of sp³-hybridized carbons (Fsp3) is 0.267. The lowest BCUT2D eigenvalue weighted by atomic mass is 10.1. The summed E-state index contributed by atoms with van der Waals surface area (Å²) in [7, 11) is 0. The number of piperazine rings is 1. The highest BCUT2D eigenvalue weighted by molar-refractivity contribution is 7.98. The highest BCUT2D eigenvalue weighted by atomic mass is 32.2. The van der Waals surface area contributed by atoms with Crippen LogP contribution in [-0.2, 0) is 29.6 Å². The molecule has 0 saturated carbocycles. The molecular formula is C30H26F4N4O2S2. The van der Waals surface area contributed by atoms with Crippen LogP contribution in [0.15, 0.2) is 77.8 Å². The molecular weight excluding hydrogens is 588 g/mol. The van der Waals surface area contributed by atoms with Crippen molar-refractivity contribution >= 4 is 40.6 Å². The molecule has 218 valence electrons. The van der Waals surface area contributed by atoms with Gasteiger partial charge in [0.1, 0.15) is 21.5 Å². The van der Waals surface area contributed by atoms with E-state index in [9.17, 15) is 27.2 Å². The van der Waals surface area contributed by atoms with Crippen LogP contribution in [0.1, 0.15) is 31.5 Å². The Kier molecular flexibility index (Phi) is 9.22. The molecule has 0 spiro atoms. The third kappa shape index (κ3) is 7.35. The summed E-state index contributed by atoms with van der Waals surface area (Å²) in [5.74, 6) is -0.346. The summed E-state index contributed by atoms with van der Waals surface area (Å²) in [5.41, 5.74) is -0.294. The lowest BCUT2D eigenvalue weighted by Crippen LogP contribution is -2.49. The molecule has 1 saturated heterocycles. The van der Waals surface area contributed by atoms with E-state index in [-0.39, 0.29) is 29.5 Å². The smallest absolute Gasteiger partial charge is 0.353 e. The van der Waals surface area contributed by atoms with E-state index in [4.69, 9.17) is 0 Å². The Balaban J connectivity index is 1.18. The van der Waals surface area contributed by atoms with E-state index in [0.717, 1.165) is 16.2 Å². The Labute approximate surface area is 248 Å². The van der Waals surface area contributed by atoms with Crippen molar-refractivity contribution < 1.29 is 27.2 Å². The molecule has 0 unspecified atom stereocenters. The van der Waals surface area contributed by atoms with Gasteiger partial charge in [-0.05, 0) is 35.4 Å². The molecule has 2 aromatic heterocycles. The van der Waals surface area contributed by atoms with Crippen LogP contribution >= 0.6 is 23.1 Å². The Hall–Kier alpha value is -3.77. The van der Waals surface area contributed by atoms with Gasteiger partial charge < -0.3 is 9.80 Å². The number of carbonyl (C=O) groups excluding carboxylic acids is 2.